The van der Waals surface area contributed by atoms with Crippen LogP contribution in [0.4, 0.5) is 5.95 Å². The van der Waals surface area contributed by atoms with Crippen LogP contribution in [0.1, 0.15) is 57.2 Å². The van der Waals surface area contributed by atoms with Crippen LogP contribution in [-0.2, 0) is 6.42 Å². The fourth-order valence-electron chi connectivity index (χ4n) is 3.72. The van der Waals surface area contributed by atoms with Gasteiger partial charge in [-0.05, 0) is 32.2 Å². The molecule has 1 aliphatic carbocycles. The van der Waals surface area contributed by atoms with Gasteiger partial charge in [-0.15, -0.1) is 5.10 Å². The van der Waals surface area contributed by atoms with Crippen LogP contribution in [0.5, 0.6) is 0 Å². The van der Waals surface area contributed by atoms with Crippen molar-refractivity contribution in [3.63, 3.8) is 0 Å². The van der Waals surface area contributed by atoms with Gasteiger partial charge in [0.25, 0.3) is 0 Å². The van der Waals surface area contributed by atoms with E-state index in [2.05, 4.69) is 27.5 Å². The highest BCUT2D eigenvalue weighted by molar-refractivity contribution is 5.29. The topological polar surface area (TPSA) is 56.8 Å². The normalized spacial score (nSPS) is 21.9. The Kier molecular flexibility index (Phi) is 5.12. The SMILES string of the molecule is CNC1CCN(c2n[nH]c(CCC3CCCCC3)n2)CC1. The summed E-state index contributed by atoms with van der Waals surface area (Å²) in [5, 5.41) is 10.9. The van der Waals surface area contributed by atoms with Gasteiger partial charge in [-0.2, -0.15) is 4.98 Å². The van der Waals surface area contributed by atoms with Crippen molar-refractivity contribution in [1.29, 1.82) is 0 Å². The van der Waals surface area contributed by atoms with Crippen molar-refractivity contribution in [3.8, 4) is 0 Å². The van der Waals surface area contributed by atoms with E-state index in [-0.39, 0.29) is 0 Å². The van der Waals surface area contributed by atoms with E-state index in [1.54, 1.807) is 0 Å². The van der Waals surface area contributed by atoms with E-state index in [1.807, 2.05) is 0 Å². The summed E-state index contributed by atoms with van der Waals surface area (Å²) < 4.78 is 0. The first-order valence-electron chi connectivity index (χ1n) is 8.68. The van der Waals surface area contributed by atoms with E-state index in [4.69, 9.17) is 4.98 Å². The second kappa shape index (κ2) is 7.25. The molecule has 1 aromatic rings. The molecule has 21 heavy (non-hydrogen) atoms. The number of rotatable bonds is 5. The molecule has 2 aliphatic rings. The maximum atomic E-state index is 4.71. The van der Waals surface area contributed by atoms with Gasteiger partial charge >= 0.3 is 0 Å². The number of aromatic amines is 1. The minimum Gasteiger partial charge on any atom is -0.339 e. The van der Waals surface area contributed by atoms with Crippen LogP contribution in [0.15, 0.2) is 0 Å². The zero-order valence-electron chi connectivity index (χ0n) is 13.3. The maximum Gasteiger partial charge on any atom is 0.244 e. The van der Waals surface area contributed by atoms with Crippen LogP contribution in [0.3, 0.4) is 0 Å². The highest BCUT2D eigenvalue weighted by Crippen LogP contribution is 2.27. The van der Waals surface area contributed by atoms with E-state index >= 15 is 0 Å². The highest BCUT2D eigenvalue weighted by Gasteiger charge is 2.21. The van der Waals surface area contributed by atoms with Gasteiger partial charge in [-0.1, -0.05) is 32.1 Å². The Balaban J connectivity index is 1.47. The Labute approximate surface area is 127 Å². The summed E-state index contributed by atoms with van der Waals surface area (Å²) in [6, 6.07) is 0.658. The van der Waals surface area contributed by atoms with Crippen molar-refractivity contribution in [2.45, 2.75) is 63.8 Å². The lowest BCUT2D eigenvalue weighted by atomic mass is 9.86. The van der Waals surface area contributed by atoms with Gasteiger partial charge in [0.15, 0.2) is 0 Å². The molecule has 0 unspecified atom stereocenters. The Hall–Kier alpha value is -1.10. The monoisotopic (exact) mass is 291 g/mol. The second-order valence-electron chi connectivity index (χ2n) is 6.67. The van der Waals surface area contributed by atoms with Crippen LogP contribution in [-0.4, -0.2) is 41.4 Å². The van der Waals surface area contributed by atoms with Crippen molar-refractivity contribution in [1.82, 2.24) is 20.5 Å². The third-order valence-corrected chi connectivity index (χ3v) is 5.22. The summed E-state index contributed by atoms with van der Waals surface area (Å²) in [5.41, 5.74) is 0. The summed E-state index contributed by atoms with van der Waals surface area (Å²) in [7, 11) is 2.05. The number of aryl methyl sites for hydroxylation is 1. The molecule has 0 aromatic carbocycles. The number of piperidine rings is 1. The van der Waals surface area contributed by atoms with Gasteiger partial charge in [-0.3, -0.25) is 5.10 Å². The van der Waals surface area contributed by atoms with Gasteiger partial charge in [0.1, 0.15) is 5.82 Å². The molecule has 3 rings (SSSR count). The predicted octanol–water partition coefficient (Wildman–Crippen LogP) is 2.51. The Morgan fingerprint density at radius 3 is 2.62 bits per heavy atom. The average molecular weight is 291 g/mol. The highest BCUT2D eigenvalue weighted by atomic mass is 15.4. The average Bonchev–Trinajstić information content (AvgIpc) is 3.03. The quantitative estimate of drug-likeness (QED) is 0.875. The van der Waals surface area contributed by atoms with E-state index in [1.165, 1.54) is 51.4 Å². The molecule has 2 N–H and O–H groups in total. The molecule has 0 radical (unpaired) electrons. The lowest BCUT2D eigenvalue weighted by molar-refractivity contribution is 0.337. The molecule has 1 aromatic heterocycles. The van der Waals surface area contributed by atoms with Gasteiger partial charge in [-0.25, -0.2) is 0 Å². The summed E-state index contributed by atoms with van der Waals surface area (Å²) in [6.45, 7) is 2.12. The molecule has 0 amide bonds. The maximum absolute atomic E-state index is 4.71. The van der Waals surface area contributed by atoms with Gasteiger partial charge in [0.05, 0.1) is 0 Å². The third kappa shape index (κ3) is 3.96. The van der Waals surface area contributed by atoms with Gasteiger partial charge in [0, 0.05) is 25.6 Å². The predicted molar refractivity (Wildman–Crippen MR) is 85.6 cm³/mol. The number of nitrogens with zero attached hydrogens (tertiary/aromatic N) is 3. The molecular weight excluding hydrogens is 262 g/mol. The summed E-state index contributed by atoms with van der Waals surface area (Å²) in [5.74, 6) is 2.90. The first-order chi connectivity index (χ1) is 10.3. The Bertz CT molecular complexity index is 416. The van der Waals surface area contributed by atoms with Crippen LogP contribution in [0.25, 0.3) is 0 Å². The number of aromatic nitrogens is 3. The molecule has 2 fully saturated rings. The van der Waals surface area contributed by atoms with Crippen LogP contribution in [0, 0.1) is 5.92 Å². The van der Waals surface area contributed by atoms with E-state index in [9.17, 15) is 0 Å². The lowest BCUT2D eigenvalue weighted by Crippen LogP contribution is -2.41. The number of hydrogen-bond donors (Lipinski definition) is 2. The standard InChI is InChI=1S/C16H29N5/c1-17-14-9-11-21(12-10-14)16-18-15(19-20-16)8-7-13-5-3-2-4-6-13/h13-14,17H,2-12H2,1H3,(H,18,19,20). The summed E-state index contributed by atoms with van der Waals surface area (Å²) >= 11 is 0. The second-order valence-corrected chi connectivity index (χ2v) is 6.67. The minimum atomic E-state index is 0.658. The number of nitrogens with one attached hydrogen (secondary N) is 2. The summed E-state index contributed by atoms with van der Waals surface area (Å²) in [4.78, 5) is 7.02. The first-order valence-corrected chi connectivity index (χ1v) is 8.68. The van der Waals surface area contributed by atoms with E-state index in [0.717, 1.165) is 37.2 Å². The van der Waals surface area contributed by atoms with Crippen molar-refractivity contribution in [2.24, 2.45) is 5.92 Å². The molecule has 5 nitrogen and oxygen atoms in total. The molecule has 1 aliphatic heterocycles. The Morgan fingerprint density at radius 1 is 1.14 bits per heavy atom. The van der Waals surface area contributed by atoms with Crippen molar-refractivity contribution >= 4 is 5.95 Å². The first kappa shape index (κ1) is 14.8. The molecule has 0 spiro atoms. The molecule has 118 valence electrons. The smallest absolute Gasteiger partial charge is 0.244 e. The molecule has 5 heteroatoms. The van der Waals surface area contributed by atoms with E-state index in [0.29, 0.717) is 6.04 Å². The molecule has 0 atom stereocenters. The fourth-order valence-corrected chi connectivity index (χ4v) is 3.72. The van der Waals surface area contributed by atoms with Crippen molar-refractivity contribution in [3.05, 3.63) is 5.82 Å². The molecule has 0 bridgehead atoms. The van der Waals surface area contributed by atoms with Crippen LogP contribution >= 0.6 is 0 Å². The third-order valence-electron chi connectivity index (χ3n) is 5.22. The Morgan fingerprint density at radius 2 is 1.90 bits per heavy atom. The fraction of sp³-hybridized carbons (Fsp3) is 0.875. The lowest BCUT2D eigenvalue weighted by Gasteiger charge is -2.30. The zero-order chi connectivity index (χ0) is 14.5. The van der Waals surface area contributed by atoms with Gasteiger partial charge < -0.3 is 10.2 Å². The molecule has 2 heterocycles. The number of anilines is 1. The van der Waals surface area contributed by atoms with Crippen molar-refractivity contribution in [2.75, 3.05) is 25.0 Å². The number of hydrogen-bond acceptors (Lipinski definition) is 4. The molecule has 1 saturated carbocycles. The van der Waals surface area contributed by atoms with Crippen molar-refractivity contribution < 1.29 is 0 Å². The zero-order valence-corrected chi connectivity index (χ0v) is 13.3. The number of H-pyrrole nitrogens is 1. The van der Waals surface area contributed by atoms with Crippen LogP contribution < -0.4 is 10.2 Å². The van der Waals surface area contributed by atoms with E-state index < -0.39 is 0 Å². The minimum absolute atomic E-state index is 0.658. The van der Waals surface area contributed by atoms with Gasteiger partial charge in [0.2, 0.25) is 5.95 Å². The molecular formula is C16H29N5. The van der Waals surface area contributed by atoms with Crippen LogP contribution in [0.2, 0.25) is 0 Å². The molecule has 1 saturated heterocycles. The summed E-state index contributed by atoms with van der Waals surface area (Å²) in [6.07, 6.45) is 11.8. The largest absolute Gasteiger partial charge is 0.339 e.